The van der Waals surface area contributed by atoms with Gasteiger partial charge in [0.25, 0.3) is 0 Å². The maximum Gasteiger partial charge on any atom is 0.0589 e. The number of methoxy groups -OCH3 is 1. The SMILES string of the molecule is COCCN(C)C1(CN)CCCCC1. The summed E-state index contributed by atoms with van der Waals surface area (Å²) in [6, 6.07) is 0. The van der Waals surface area contributed by atoms with Crippen molar-refractivity contribution in [1.82, 2.24) is 4.90 Å². The van der Waals surface area contributed by atoms with Crippen molar-refractivity contribution in [2.24, 2.45) is 5.73 Å². The predicted octanol–water partition coefficient (Wildman–Crippen LogP) is 1.23. The minimum Gasteiger partial charge on any atom is -0.383 e. The molecule has 3 heteroatoms. The highest BCUT2D eigenvalue weighted by Gasteiger charge is 2.34. The van der Waals surface area contributed by atoms with Gasteiger partial charge < -0.3 is 10.5 Å². The Bertz CT molecular complexity index is 155. The standard InChI is InChI=1S/C11H24N2O/c1-13(8-9-14-2)11(10-12)6-4-3-5-7-11/h3-10,12H2,1-2H3. The molecule has 0 aliphatic heterocycles. The molecule has 14 heavy (non-hydrogen) atoms. The molecule has 0 aromatic heterocycles. The van der Waals surface area contributed by atoms with Gasteiger partial charge in [0, 0.05) is 25.7 Å². The highest BCUT2D eigenvalue weighted by atomic mass is 16.5. The number of nitrogens with zero attached hydrogens (tertiary/aromatic N) is 1. The van der Waals surface area contributed by atoms with E-state index in [0.717, 1.165) is 19.7 Å². The zero-order valence-corrected chi connectivity index (χ0v) is 9.59. The fraction of sp³-hybridized carbons (Fsp3) is 1.00. The molecule has 1 aliphatic rings. The number of ether oxygens (including phenoxy) is 1. The molecule has 1 saturated carbocycles. The number of hydrogen-bond donors (Lipinski definition) is 1. The lowest BCUT2D eigenvalue weighted by molar-refractivity contribution is 0.0553. The lowest BCUT2D eigenvalue weighted by Crippen LogP contribution is -2.54. The Labute approximate surface area is 87.6 Å². The molecule has 3 nitrogen and oxygen atoms in total. The van der Waals surface area contributed by atoms with Gasteiger partial charge in [0.15, 0.2) is 0 Å². The Morgan fingerprint density at radius 3 is 2.43 bits per heavy atom. The second kappa shape index (κ2) is 5.69. The molecule has 1 rings (SSSR count). The second-order valence-corrected chi connectivity index (χ2v) is 4.40. The zero-order chi connectivity index (χ0) is 10.4. The van der Waals surface area contributed by atoms with Crippen LogP contribution in [-0.4, -0.2) is 44.3 Å². The fourth-order valence-corrected chi connectivity index (χ4v) is 2.42. The number of hydrogen-bond acceptors (Lipinski definition) is 3. The number of likely N-dealkylation sites (N-methyl/N-ethyl adjacent to an activating group) is 1. The normalized spacial score (nSPS) is 21.4. The first kappa shape index (κ1) is 12.0. The van der Waals surface area contributed by atoms with E-state index >= 15 is 0 Å². The van der Waals surface area contributed by atoms with E-state index in [1.807, 2.05) is 0 Å². The first-order chi connectivity index (χ1) is 6.75. The van der Waals surface area contributed by atoms with Crippen LogP contribution in [0.5, 0.6) is 0 Å². The number of nitrogens with two attached hydrogens (primary N) is 1. The maximum absolute atomic E-state index is 5.93. The summed E-state index contributed by atoms with van der Waals surface area (Å²) in [4.78, 5) is 2.40. The van der Waals surface area contributed by atoms with Crippen molar-refractivity contribution in [3.05, 3.63) is 0 Å². The summed E-state index contributed by atoms with van der Waals surface area (Å²) in [7, 11) is 3.93. The van der Waals surface area contributed by atoms with Gasteiger partial charge in [-0.25, -0.2) is 0 Å². The lowest BCUT2D eigenvalue weighted by Gasteiger charge is -2.44. The first-order valence-corrected chi connectivity index (χ1v) is 5.65. The van der Waals surface area contributed by atoms with E-state index in [2.05, 4.69) is 11.9 Å². The van der Waals surface area contributed by atoms with Crippen LogP contribution in [0.4, 0.5) is 0 Å². The van der Waals surface area contributed by atoms with Crippen molar-refractivity contribution < 1.29 is 4.74 Å². The quantitative estimate of drug-likeness (QED) is 0.725. The topological polar surface area (TPSA) is 38.5 Å². The summed E-state index contributed by atoms with van der Waals surface area (Å²) in [5, 5.41) is 0. The van der Waals surface area contributed by atoms with E-state index in [-0.39, 0.29) is 5.54 Å². The summed E-state index contributed by atoms with van der Waals surface area (Å²) < 4.78 is 5.11. The third-order valence-corrected chi connectivity index (χ3v) is 3.60. The first-order valence-electron chi connectivity index (χ1n) is 5.65. The van der Waals surface area contributed by atoms with E-state index in [0.29, 0.717) is 0 Å². The van der Waals surface area contributed by atoms with Gasteiger partial charge in [0.2, 0.25) is 0 Å². The van der Waals surface area contributed by atoms with E-state index in [9.17, 15) is 0 Å². The smallest absolute Gasteiger partial charge is 0.0589 e. The Kier molecular flexibility index (Phi) is 4.85. The predicted molar refractivity (Wildman–Crippen MR) is 59.4 cm³/mol. The molecule has 0 saturated heterocycles. The van der Waals surface area contributed by atoms with Crippen LogP contribution in [0.25, 0.3) is 0 Å². The summed E-state index contributed by atoms with van der Waals surface area (Å²) in [5.74, 6) is 0. The molecular formula is C11H24N2O. The highest BCUT2D eigenvalue weighted by molar-refractivity contribution is 4.92. The Balaban J connectivity index is 2.48. The second-order valence-electron chi connectivity index (χ2n) is 4.40. The minimum absolute atomic E-state index is 0.261. The Morgan fingerprint density at radius 1 is 1.29 bits per heavy atom. The molecule has 0 atom stereocenters. The van der Waals surface area contributed by atoms with Gasteiger partial charge in [-0.05, 0) is 19.9 Å². The van der Waals surface area contributed by atoms with Crippen LogP contribution in [0.2, 0.25) is 0 Å². The molecule has 1 aliphatic carbocycles. The molecule has 0 spiro atoms. The van der Waals surface area contributed by atoms with Crippen LogP contribution in [0.15, 0.2) is 0 Å². The molecule has 0 amide bonds. The monoisotopic (exact) mass is 200 g/mol. The van der Waals surface area contributed by atoms with E-state index in [1.54, 1.807) is 7.11 Å². The lowest BCUT2D eigenvalue weighted by atomic mass is 9.80. The molecule has 0 aromatic rings. The van der Waals surface area contributed by atoms with Gasteiger partial charge in [-0.2, -0.15) is 0 Å². The van der Waals surface area contributed by atoms with Crippen LogP contribution in [0.1, 0.15) is 32.1 Å². The van der Waals surface area contributed by atoms with Crippen molar-refractivity contribution in [1.29, 1.82) is 0 Å². The fourth-order valence-electron chi connectivity index (χ4n) is 2.42. The third kappa shape index (κ3) is 2.69. The molecule has 0 heterocycles. The van der Waals surface area contributed by atoms with Crippen molar-refractivity contribution in [3.63, 3.8) is 0 Å². The molecule has 0 radical (unpaired) electrons. The van der Waals surface area contributed by atoms with E-state index in [1.165, 1.54) is 32.1 Å². The summed E-state index contributed by atoms with van der Waals surface area (Å²) >= 11 is 0. The molecule has 1 fully saturated rings. The Hall–Kier alpha value is -0.120. The third-order valence-electron chi connectivity index (χ3n) is 3.60. The summed E-state index contributed by atoms with van der Waals surface area (Å²) in [6.45, 7) is 2.58. The average molecular weight is 200 g/mol. The summed E-state index contributed by atoms with van der Waals surface area (Å²) in [5.41, 5.74) is 6.19. The van der Waals surface area contributed by atoms with E-state index in [4.69, 9.17) is 10.5 Å². The van der Waals surface area contributed by atoms with Gasteiger partial charge in [0.1, 0.15) is 0 Å². The van der Waals surface area contributed by atoms with Crippen molar-refractivity contribution in [2.75, 3.05) is 33.9 Å². The molecule has 0 bridgehead atoms. The average Bonchev–Trinajstić information content (AvgIpc) is 2.26. The number of rotatable bonds is 5. The van der Waals surface area contributed by atoms with Gasteiger partial charge in [-0.1, -0.05) is 19.3 Å². The van der Waals surface area contributed by atoms with Crippen LogP contribution < -0.4 is 5.73 Å². The molecule has 0 unspecified atom stereocenters. The highest BCUT2D eigenvalue weighted by Crippen LogP contribution is 2.31. The van der Waals surface area contributed by atoms with Gasteiger partial charge >= 0.3 is 0 Å². The summed E-state index contributed by atoms with van der Waals surface area (Å²) in [6.07, 6.45) is 6.54. The van der Waals surface area contributed by atoms with E-state index < -0.39 is 0 Å². The van der Waals surface area contributed by atoms with Crippen LogP contribution >= 0.6 is 0 Å². The minimum atomic E-state index is 0.261. The van der Waals surface area contributed by atoms with Crippen molar-refractivity contribution in [3.8, 4) is 0 Å². The zero-order valence-electron chi connectivity index (χ0n) is 9.59. The van der Waals surface area contributed by atoms with Crippen LogP contribution in [-0.2, 0) is 4.74 Å². The van der Waals surface area contributed by atoms with Gasteiger partial charge in [0.05, 0.1) is 6.61 Å². The Morgan fingerprint density at radius 2 is 1.93 bits per heavy atom. The van der Waals surface area contributed by atoms with Crippen molar-refractivity contribution in [2.45, 2.75) is 37.6 Å². The van der Waals surface area contributed by atoms with Crippen molar-refractivity contribution >= 4 is 0 Å². The molecule has 2 N–H and O–H groups in total. The molecule has 84 valence electrons. The molecule has 0 aromatic carbocycles. The van der Waals surface area contributed by atoms with Gasteiger partial charge in [-0.3, -0.25) is 4.90 Å². The van der Waals surface area contributed by atoms with Crippen LogP contribution in [0, 0.1) is 0 Å². The van der Waals surface area contributed by atoms with Gasteiger partial charge in [-0.15, -0.1) is 0 Å². The maximum atomic E-state index is 5.93. The largest absolute Gasteiger partial charge is 0.383 e. The van der Waals surface area contributed by atoms with Crippen LogP contribution in [0.3, 0.4) is 0 Å². The molecular weight excluding hydrogens is 176 g/mol.